The Morgan fingerprint density at radius 3 is 2.88 bits per heavy atom. The van der Waals surface area contributed by atoms with Crippen molar-refractivity contribution in [3.63, 3.8) is 0 Å². The molecule has 2 heterocycles. The van der Waals surface area contributed by atoms with E-state index in [1.165, 1.54) is 0 Å². The predicted molar refractivity (Wildman–Crippen MR) is 54.7 cm³/mol. The van der Waals surface area contributed by atoms with Gasteiger partial charge in [0.25, 0.3) is 0 Å². The van der Waals surface area contributed by atoms with Crippen LogP contribution in [0.25, 0.3) is 0 Å². The number of ether oxygens (including phenoxy) is 1. The Labute approximate surface area is 94.8 Å². The fourth-order valence-electron chi connectivity index (χ4n) is 1.54. The quantitative estimate of drug-likeness (QED) is 0.767. The molecule has 1 aromatic rings. The Bertz CT molecular complexity index is 366. The highest BCUT2D eigenvalue weighted by Crippen LogP contribution is 2.36. The van der Waals surface area contributed by atoms with Crippen LogP contribution >= 0.6 is 11.3 Å². The van der Waals surface area contributed by atoms with Crippen LogP contribution in [0.4, 0.5) is 18.3 Å². The van der Waals surface area contributed by atoms with E-state index >= 15 is 0 Å². The monoisotopic (exact) mass is 252 g/mol. The maximum absolute atomic E-state index is 12.4. The summed E-state index contributed by atoms with van der Waals surface area (Å²) in [6, 6.07) is 0.0704. The third-order valence-electron chi connectivity index (χ3n) is 2.39. The van der Waals surface area contributed by atoms with Crippen LogP contribution in [-0.4, -0.2) is 30.8 Å². The topological polar surface area (TPSA) is 25.4 Å². The van der Waals surface area contributed by atoms with Gasteiger partial charge in [-0.15, -0.1) is 0 Å². The zero-order chi connectivity index (χ0) is 11.8. The van der Waals surface area contributed by atoms with Crippen molar-refractivity contribution in [1.82, 2.24) is 4.98 Å². The zero-order valence-electron chi connectivity index (χ0n) is 8.62. The van der Waals surface area contributed by atoms with E-state index in [-0.39, 0.29) is 6.04 Å². The molecule has 1 unspecified atom stereocenters. The van der Waals surface area contributed by atoms with Gasteiger partial charge in [-0.2, -0.15) is 13.2 Å². The summed E-state index contributed by atoms with van der Waals surface area (Å²) in [5.41, 5.74) is 0. The van der Waals surface area contributed by atoms with Crippen LogP contribution in [0.5, 0.6) is 0 Å². The lowest BCUT2D eigenvalue weighted by Gasteiger charge is -2.32. The molecular formula is C9H11F3N2OS. The van der Waals surface area contributed by atoms with Gasteiger partial charge >= 0.3 is 6.18 Å². The number of hydrogen-bond acceptors (Lipinski definition) is 4. The zero-order valence-corrected chi connectivity index (χ0v) is 9.44. The van der Waals surface area contributed by atoms with E-state index in [4.69, 9.17) is 4.74 Å². The number of nitrogens with zero attached hydrogens (tertiary/aromatic N) is 2. The van der Waals surface area contributed by atoms with Crippen LogP contribution in [0.2, 0.25) is 0 Å². The van der Waals surface area contributed by atoms with Crippen LogP contribution in [0.15, 0.2) is 6.20 Å². The molecule has 0 aromatic carbocycles. The van der Waals surface area contributed by atoms with Crippen molar-refractivity contribution in [3.8, 4) is 0 Å². The van der Waals surface area contributed by atoms with Gasteiger partial charge in [-0.3, -0.25) is 0 Å². The van der Waals surface area contributed by atoms with Crippen molar-refractivity contribution in [3.05, 3.63) is 11.1 Å². The van der Waals surface area contributed by atoms with Gasteiger partial charge in [0.1, 0.15) is 4.88 Å². The summed E-state index contributed by atoms with van der Waals surface area (Å²) in [7, 11) is 0. The average Bonchev–Trinajstić information content (AvgIpc) is 2.66. The molecule has 1 fully saturated rings. The highest BCUT2D eigenvalue weighted by molar-refractivity contribution is 7.15. The van der Waals surface area contributed by atoms with Gasteiger partial charge in [0.2, 0.25) is 0 Å². The molecule has 1 saturated heterocycles. The van der Waals surface area contributed by atoms with Crippen LogP contribution in [0.1, 0.15) is 11.8 Å². The highest BCUT2D eigenvalue weighted by atomic mass is 32.1. The second-order valence-electron chi connectivity index (χ2n) is 3.62. The second kappa shape index (κ2) is 4.21. The number of aromatic nitrogens is 1. The first kappa shape index (κ1) is 11.7. The molecule has 0 N–H and O–H groups in total. The smallest absolute Gasteiger partial charge is 0.377 e. The maximum Gasteiger partial charge on any atom is 0.427 e. The fraction of sp³-hybridized carbons (Fsp3) is 0.667. The summed E-state index contributed by atoms with van der Waals surface area (Å²) in [6.45, 7) is 3.56. The van der Waals surface area contributed by atoms with Gasteiger partial charge in [-0.25, -0.2) is 4.98 Å². The minimum absolute atomic E-state index is 0.0704. The van der Waals surface area contributed by atoms with E-state index in [1.807, 2.05) is 11.8 Å². The lowest BCUT2D eigenvalue weighted by Crippen LogP contribution is -2.43. The number of hydrogen-bond donors (Lipinski definition) is 0. The van der Waals surface area contributed by atoms with E-state index in [0.717, 1.165) is 6.20 Å². The van der Waals surface area contributed by atoms with Crippen LogP contribution in [0.3, 0.4) is 0 Å². The van der Waals surface area contributed by atoms with Crippen molar-refractivity contribution >= 4 is 16.5 Å². The molecule has 7 heteroatoms. The molecule has 0 spiro atoms. The molecule has 0 amide bonds. The molecule has 0 radical (unpaired) electrons. The first-order valence-electron chi connectivity index (χ1n) is 4.86. The molecule has 90 valence electrons. The molecule has 0 bridgehead atoms. The fourth-order valence-corrected chi connectivity index (χ4v) is 2.45. The third-order valence-corrected chi connectivity index (χ3v) is 3.47. The Morgan fingerprint density at radius 2 is 2.31 bits per heavy atom. The molecule has 1 aromatic heterocycles. The van der Waals surface area contributed by atoms with E-state index in [9.17, 15) is 13.2 Å². The normalized spacial score (nSPS) is 22.5. The van der Waals surface area contributed by atoms with Gasteiger partial charge in [0.05, 0.1) is 25.5 Å². The van der Waals surface area contributed by atoms with Crippen molar-refractivity contribution in [2.24, 2.45) is 0 Å². The van der Waals surface area contributed by atoms with Crippen molar-refractivity contribution in [2.45, 2.75) is 19.1 Å². The van der Waals surface area contributed by atoms with Gasteiger partial charge in [-0.1, -0.05) is 11.3 Å². The molecule has 1 aliphatic rings. The number of thiazole rings is 1. The molecule has 3 nitrogen and oxygen atoms in total. The van der Waals surface area contributed by atoms with Crippen LogP contribution < -0.4 is 4.90 Å². The lowest BCUT2D eigenvalue weighted by molar-refractivity contribution is -0.134. The standard InChI is InChI=1S/C9H11F3N2OS/c1-6-5-15-3-2-14(6)8-13-4-7(16-8)9(10,11)12/h4,6H,2-3,5H2,1H3. The van der Waals surface area contributed by atoms with Crippen LogP contribution in [0, 0.1) is 0 Å². The molecule has 2 rings (SSSR count). The highest BCUT2D eigenvalue weighted by Gasteiger charge is 2.34. The Morgan fingerprint density at radius 1 is 1.56 bits per heavy atom. The maximum atomic E-state index is 12.4. The molecule has 1 atom stereocenters. The van der Waals surface area contributed by atoms with Gasteiger partial charge in [0.15, 0.2) is 5.13 Å². The van der Waals surface area contributed by atoms with Crippen LogP contribution in [-0.2, 0) is 10.9 Å². The largest absolute Gasteiger partial charge is 0.427 e. The summed E-state index contributed by atoms with van der Waals surface area (Å²) < 4.78 is 42.4. The second-order valence-corrected chi connectivity index (χ2v) is 4.63. The summed E-state index contributed by atoms with van der Waals surface area (Å²) in [6.07, 6.45) is -3.41. The van der Waals surface area contributed by atoms with E-state index in [1.54, 1.807) is 0 Å². The summed E-state index contributed by atoms with van der Waals surface area (Å²) >= 11 is 0.684. The van der Waals surface area contributed by atoms with Gasteiger partial charge in [-0.05, 0) is 6.92 Å². The lowest BCUT2D eigenvalue weighted by atomic mass is 10.3. The number of anilines is 1. The van der Waals surface area contributed by atoms with Crippen molar-refractivity contribution in [2.75, 3.05) is 24.7 Å². The molecular weight excluding hydrogens is 241 g/mol. The summed E-state index contributed by atoms with van der Waals surface area (Å²) in [5.74, 6) is 0. The molecule has 1 aliphatic heterocycles. The SMILES string of the molecule is CC1COCCN1c1ncc(C(F)(F)F)s1. The molecule has 16 heavy (non-hydrogen) atoms. The van der Waals surface area contributed by atoms with Gasteiger partial charge in [0, 0.05) is 6.54 Å². The van der Waals surface area contributed by atoms with E-state index in [2.05, 4.69) is 4.98 Å². The first-order chi connectivity index (χ1) is 7.48. The number of halogens is 3. The minimum atomic E-state index is -4.30. The summed E-state index contributed by atoms with van der Waals surface area (Å²) in [5, 5.41) is 0.420. The average molecular weight is 252 g/mol. The number of morpholine rings is 1. The van der Waals surface area contributed by atoms with E-state index in [0.29, 0.717) is 36.2 Å². The van der Waals surface area contributed by atoms with Crippen molar-refractivity contribution < 1.29 is 17.9 Å². The Balaban J connectivity index is 2.18. The van der Waals surface area contributed by atoms with E-state index < -0.39 is 11.1 Å². The number of rotatable bonds is 1. The summed E-state index contributed by atoms with van der Waals surface area (Å²) in [4.78, 5) is 5.02. The van der Waals surface area contributed by atoms with Crippen molar-refractivity contribution in [1.29, 1.82) is 0 Å². The third kappa shape index (κ3) is 2.30. The van der Waals surface area contributed by atoms with Gasteiger partial charge < -0.3 is 9.64 Å². The molecule has 0 aliphatic carbocycles. The molecule has 0 saturated carbocycles. The Kier molecular flexibility index (Phi) is 3.07. The Hall–Kier alpha value is -0.820. The minimum Gasteiger partial charge on any atom is -0.377 e. The predicted octanol–water partition coefficient (Wildman–Crippen LogP) is 2.39. The number of alkyl halides is 3. The first-order valence-corrected chi connectivity index (χ1v) is 5.67.